The number of nitrogens with zero attached hydrogens (tertiary/aromatic N) is 1. The highest BCUT2D eigenvalue weighted by Gasteiger charge is 2.41. The number of hydrogen-bond acceptors (Lipinski definition) is 3. The molecule has 94 valence electrons. The molecule has 1 fully saturated rings. The second-order valence-electron chi connectivity index (χ2n) is 3.97. The molecule has 0 aromatic heterocycles. The van der Waals surface area contributed by atoms with Crippen molar-refractivity contribution in [2.24, 2.45) is 0 Å². The zero-order valence-corrected chi connectivity index (χ0v) is 11.0. The van der Waals surface area contributed by atoms with Crippen molar-refractivity contribution in [2.75, 3.05) is 7.05 Å². The van der Waals surface area contributed by atoms with E-state index in [1.807, 2.05) is 0 Å². The van der Waals surface area contributed by atoms with Gasteiger partial charge in [-0.3, -0.25) is 4.79 Å². The summed E-state index contributed by atoms with van der Waals surface area (Å²) in [4.78, 5) is 12.8. The van der Waals surface area contributed by atoms with Gasteiger partial charge in [-0.2, -0.15) is 0 Å². The van der Waals surface area contributed by atoms with Crippen molar-refractivity contribution in [3.63, 3.8) is 0 Å². The molecule has 0 bridgehead atoms. The molecule has 1 rings (SSSR count). The summed E-state index contributed by atoms with van der Waals surface area (Å²) in [6.45, 7) is 0. The molecule has 0 saturated heterocycles. The van der Waals surface area contributed by atoms with E-state index < -0.39 is 27.9 Å². The van der Waals surface area contributed by atoms with Crippen molar-refractivity contribution in [3.8, 4) is 0 Å². The number of aliphatic hydroxyl groups excluding tert-OH is 2. The van der Waals surface area contributed by atoms with Crippen molar-refractivity contribution in [1.29, 1.82) is 0 Å². The van der Waals surface area contributed by atoms with Gasteiger partial charge in [0, 0.05) is 7.05 Å². The van der Waals surface area contributed by atoms with Crippen molar-refractivity contribution < 1.29 is 15.0 Å². The zero-order valence-electron chi connectivity index (χ0n) is 8.74. The van der Waals surface area contributed by atoms with Crippen LogP contribution in [0.2, 0.25) is 0 Å². The number of aliphatic hydroxyl groups is 2. The molecule has 1 saturated carbocycles. The topological polar surface area (TPSA) is 60.8 Å². The largest absolute Gasteiger partial charge is 0.390 e. The molecular weight excluding hydrogens is 276 g/mol. The zero-order chi connectivity index (χ0) is 12.5. The van der Waals surface area contributed by atoms with Gasteiger partial charge in [0.25, 0.3) is 9.70 Å². The Morgan fingerprint density at radius 3 is 2.38 bits per heavy atom. The number of alkyl halides is 3. The normalized spacial score (nSPS) is 31.2. The van der Waals surface area contributed by atoms with E-state index in [0.717, 1.165) is 6.42 Å². The molecule has 1 aliphatic carbocycles. The molecular formula is C9H14Cl3NO3. The highest BCUT2D eigenvalue weighted by atomic mass is 35.6. The van der Waals surface area contributed by atoms with Gasteiger partial charge in [0.1, 0.15) is 6.10 Å². The Hall–Kier alpha value is 0.260. The summed E-state index contributed by atoms with van der Waals surface area (Å²) < 4.78 is -2.03. The van der Waals surface area contributed by atoms with E-state index in [-0.39, 0.29) is 0 Å². The van der Waals surface area contributed by atoms with Crippen LogP contribution in [0.15, 0.2) is 0 Å². The maximum Gasteiger partial charge on any atom is 0.274 e. The third kappa shape index (κ3) is 3.14. The molecule has 0 spiro atoms. The maximum absolute atomic E-state index is 11.7. The SMILES string of the molecule is CN(C(=O)C(Cl)(Cl)Cl)[C@H]1CCC[C@@H](O)[C@H]1O. The molecule has 0 radical (unpaired) electrons. The maximum atomic E-state index is 11.7. The van der Waals surface area contributed by atoms with Gasteiger partial charge in [0.05, 0.1) is 12.1 Å². The first kappa shape index (κ1) is 14.3. The number of rotatable bonds is 1. The van der Waals surface area contributed by atoms with Gasteiger partial charge in [-0.15, -0.1) is 0 Å². The van der Waals surface area contributed by atoms with E-state index in [1.165, 1.54) is 11.9 Å². The third-order valence-electron chi connectivity index (χ3n) is 2.85. The molecule has 16 heavy (non-hydrogen) atoms. The van der Waals surface area contributed by atoms with Crippen LogP contribution in [0.5, 0.6) is 0 Å². The number of hydrogen-bond donors (Lipinski definition) is 2. The van der Waals surface area contributed by atoms with E-state index in [0.29, 0.717) is 12.8 Å². The highest BCUT2D eigenvalue weighted by molar-refractivity contribution is 6.76. The molecule has 1 aliphatic rings. The summed E-state index contributed by atoms with van der Waals surface area (Å²) in [6.07, 6.45) is 0.00845. The van der Waals surface area contributed by atoms with Crippen LogP contribution in [-0.2, 0) is 4.79 Å². The van der Waals surface area contributed by atoms with Gasteiger partial charge in [-0.1, -0.05) is 34.8 Å². The molecule has 1 amide bonds. The molecule has 7 heteroatoms. The van der Waals surface area contributed by atoms with E-state index in [2.05, 4.69) is 0 Å². The summed E-state index contributed by atoms with van der Waals surface area (Å²) in [5.74, 6) is -0.698. The minimum absolute atomic E-state index is 0.508. The van der Waals surface area contributed by atoms with E-state index in [9.17, 15) is 15.0 Å². The van der Waals surface area contributed by atoms with Gasteiger partial charge in [-0.05, 0) is 19.3 Å². The number of carbonyl (C=O) groups is 1. The fourth-order valence-electron chi connectivity index (χ4n) is 1.91. The second kappa shape index (κ2) is 5.27. The van der Waals surface area contributed by atoms with Crippen LogP contribution in [0.4, 0.5) is 0 Å². The van der Waals surface area contributed by atoms with Crippen molar-refractivity contribution in [1.82, 2.24) is 4.90 Å². The lowest BCUT2D eigenvalue weighted by Gasteiger charge is -2.38. The fraction of sp³-hybridized carbons (Fsp3) is 0.889. The van der Waals surface area contributed by atoms with Crippen molar-refractivity contribution in [3.05, 3.63) is 0 Å². The molecule has 0 aliphatic heterocycles. The van der Waals surface area contributed by atoms with Crippen LogP contribution in [0.25, 0.3) is 0 Å². The first-order valence-corrected chi connectivity index (χ1v) is 6.08. The first-order valence-electron chi connectivity index (χ1n) is 4.95. The van der Waals surface area contributed by atoms with Gasteiger partial charge < -0.3 is 15.1 Å². The monoisotopic (exact) mass is 289 g/mol. The summed E-state index contributed by atoms with van der Waals surface area (Å²) >= 11 is 16.4. The van der Waals surface area contributed by atoms with E-state index in [1.54, 1.807) is 0 Å². The smallest absolute Gasteiger partial charge is 0.274 e. The third-order valence-corrected chi connectivity index (χ3v) is 3.33. The lowest BCUT2D eigenvalue weighted by atomic mass is 9.89. The standard InChI is InChI=1S/C9H14Cl3NO3/c1-13(8(16)9(10,11)12)5-3-2-4-6(14)7(5)15/h5-7,14-15H,2-4H2,1H3/t5-,6+,7-/m0/s1. The Labute approximate surface area is 109 Å². The Morgan fingerprint density at radius 2 is 1.88 bits per heavy atom. The summed E-state index contributed by atoms with van der Waals surface area (Å²) in [6, 6.07) is -0.508. The van der Waals surface area contributed by atoms with E-state index in [4.69, 9.17) is 34.8 Å². The lowest BCUT2D eigenvalue weighted by Crippen LogP contribution is -2.54. The Morgan fingerprint density at radius 1 is 1.31 bits per heavy atom. The van der Waals surface area contributed by atoms with Crippen LogP contribution in [0.3, 0.4) is 0 Å². The summed E-state index contributed by atoms with van der Waals surface area (Å²) in [7, 11) is 1.45. The molecule has 0 heterocycles. The van der Waals surface area contributed by atoms with Crippen LogP contribution in [-0.4, -0.2) is 50.1 Å². The molecule has 3 atom stereocenters. The summed E-state index contributed by atoms with van der Waals surface area (Å²) in [5.41, 5.74) is 0. The molecule has 2 N–H and O–H groups in total. The lowest BCUT2D eigenvalue weighted by molar-refractivity contribution is -0.137. The number of halogens is 3. The molecule has 0 aromatic carbocycles. The van der Waals surface area contributed by atoms with Crippen LogP contribution in [0.1, 0.15) is 19.3 Å². The second-order valence-corrected chi connectivity index (χ2v) is 6.25. The number of carbonyl (C=O) groups excluding carboxylic acids is 1. The molecule has 0 unspecified atom stereocenters. The summed E-state index contributed by atoms with van der Waals surface area (Å²) in [5, 5.41) is 19.2. The van der Waals surface area contributed by atoms with Crippen LogP contribution < -0.4 is 0 Å². The van der Waals surface area contributed by atoms with Crippen LogP contribution >= 0.6 is 34.8 Å². The quantitative estimate of drug-likeness (QED) is 0.711. The molecule has 0 aromatic rings. The van der Waals surface area contributed by atoms with Gasteiger partial charge in [-0.25, -0.2) is 0 Å². The minimum atomic E-state index is -2.03. The van der Waals surface area contributed by atoms with Gasteiger partial charge in [0.2, 0.25) is 0 Å². The van der Waals surface area contributed by atoms with Gasteiger partial charge >= 0.3 is 0 Å². The van der Waals surface area contributed by atoms with Crippen LogP contribution in [0, 0.1) is 0 Å². The predicted molar refractivity (Wildman–Crippen MR) is 62.7 cm³/mol. The molecule has 4 nitrogen and oxygen atoms in total. The minimum Gasteiger partial charge on any atom is -0.390 e. The fourth-order valence-corrected chi connectivity index (χ4v) is 2.31. The number of amides is 1. The average molecular weight is 291 g/mol. The Kier molecular flexibility index (Phi) is 4.72. The Balaban J connectivity index is 2.73. The highest BCUT2D eigenvalue weighted by Crippen LogP contribution is 2.31. The van der Waals surface area contributed by atoms with E-state index >= 15 is 0 Å². The predicted octanol–water partition coefficient (Wildman–Crippen LogP) is 1.09. The Bertz CT molecular complexity index is 269. The first-order chi connectivity index (χ1) is 7.25. The van der Waals surface area contributed by atoms with Crippen molar-refractivity contribution >= 4 is 40.7 Å². The average Bonchev–Trinajstić information content (AvgIpc) is 2.18. The van der Waals surface area contributed by atoms with Crippen molar-refractivity contribution in [2.45, 2.75) is 41.3 Å². The van der Waals surface area contributed by atoms with Gasteiger partial charge in [0.15, 0.2) is 0 Å². The number of likely N-dealkylation sites (N-methyl/N-ethyl adjacent to an activating group) is 1.